The van der Waals surface area contributed by atoms with Crippen molar-refractivity contribution >= 4 is 34.2 Å². The Morgan fingerprint density at radius 1 is 1.21 bits per heavy atom. The maximum Gasteiger partial charge on any atom is 0.244 e. The molecule has 2 aromatic rings. The van der Waals surface area contributed by atoms with Crippen molar-refractivity contribution in [2.75, 3.05) is 6.61 Å². The largest absolute Gasteiger partial charge is 0.494 e. The van der Waals surface area contributed by atoms with Gasteiger partial charge in [-0.3, -0.25) is 4.79 Å². The van der Waals surface area contributed by atoms with E-state index < -0.39 is 5.54 Å². The van der Waals surface area contributed by atoms with Crippen molar-refractivity contribution < 1.29 is 9.53 Å². The van der Waals surface area contributed by atoms with E-state index in [9.17, 15) is 4.79 Å². The first kappa shape index (κ1) is 20.5. The van der Waals surface area contributed by atoms with Crippen molar-refractivity contribution in [2.45, 2.75) is 25.9 Å². The van der Waals surface area contributed by atoms with Crippen LogP contribution in [-0.2, 0) is 16.9 Å². The average molecular weight is 414 g/mol. The Balaban J connectivity index is 0.00000288. The van der Waals surface area contributed by atoms with Gasteiger partial charge in [0.25, 0.3) is 0 Å². The smallest absolute Gasteiger partial charge is 0.244 e. The van der Waals surface area contributed by atoms with Crippen LogP contribution in [0.4, 0.5) is 0 Å². The lowest BCUT2D eigenvalue weighted by Crippen LogP contribution is -2.48. The van der Waals surface area contributed by atoms with Gasteiger partial charge in [-0.25, -0.2) is 0 Å². The first-order chi connectivity index (χ1) is 10.9. The van der Waals surface area contributed by atoms with E-state index in [0.717, 1.165) is 21.3 Å². The monoisotopic (exact) mass is 412 g/mol. The van der Waals surface area contributed by atoms with Gasteiger partial charge < -0.3 is 15.8 Å². The summed E-state index contributed by atoms with van der Waals surface area (Å²) in [5, 5.41) is 2.90. The van der Waals surface area contributed by atoms with E-state index in [-0.39, 0.29) is 18.3 Å². The first-order valence-electron chi connectivity index (χ1n) is 7.49. The van der Waals surface area contributed by atoms with Crippen LogP contribution >= 0.6 is 28.3 Å². The van der Waals surface area contributed by atoms with Crippen LogP contribution in [0.15, 0.2) is 53.0 Å². The molecule has 2 rings (SSSR count). The molecule has 0 spiro atoms. The molecule has 2 aromatic carbocycles. The Hall–Kier alpha value is -1.56. The fraction of sp³-hybridized carbons (Fsp3) is 0.278. The standard InChI is InChI=1S/C18H21BrN2O2.ClH/c1-3-23-16-7-5-4-6-13(16)12-21-17(22)18(2,20)14-8-10-15(19)11-9-14;/h4-11H,3,12,20H2,1-2H3,(H,21,22);1H. The summed E-state index contributed by atoms with van der Waals surface area (Å²) in [5.74, 6) is 0.545. The van der Waals surface area contributed by atoms with Gasteiger partial charge in [-0.1, -0.05) is 46.3 Å². The zero-order chi connectivity index (χ0) is 16.9. The zero-order valence-corrected chi connectivity index (χ0v) is 16.1. The molecule has 1 unspecified atom stereocenters. The van der Waals surface area contributed by atoms with Crippen LogP contribution < -0.4 is 15.8 Å². The molecule has 0 aromatic heterocycles. The number of nitrogens with two attached hydrogens (primary N) is 1. The predicted molar refractivity (Wildman–Crippen MR) is 102 cm³/mol. The number of carbonyl (C=O) groups is 1. The summed E-state index contributed by atoms with van der Waals surface area (Å²) in [6, 6.07) is 15.1. The highest BCUT2D eigenvalue weighted by atomic mass is 79.9. The van der Waals surface area contributed by atoms with Crippen LogP contribution in [0.1, 0.15) is 25.0 Å². The van der Waals surface area contributed by atoms with Gasteiger partial charge in [0.15, 0.2) is 0 Å². The average Bonchev–Trinajstić information content (AvgIpc) is 2.54. The van der Waals surface area contributed by atoms with Gasteiger partial charge in [-0.2, -0.15) is 0 Å². The van der Waals surface area contributed by atoms with Crippen LogP contribution in [0.25, 0.3) is 0 Å². The fourth-order valence-electron chi connectivity index (χ4n) is 2.23. The van der Waals surface area contributed by atoms with E-state index in [1.54, 1.807) is 6.92 Å². The van der Waals surface area contributed by atoms with Gasteiger partial charge in [0.2, 0.25) is 5.91 Å². The summed E-state index contributed by atoms with van der Waals surface area (Å²) >= 11 is 3.38. The molecule has 0 heterocycles. The van der Waals surface area contributed by atoms with Gasteiger partial charge in [-0.15, -0.1) is 12.4 Å². The van der Waals surface area contributed by atoms with Crippen molar-refractivity contribution in [2.24, 2.45) is 5.73 Å². The summed E-state index contributed by atoms with van der Waals surface area (Å²) in [6.07, 6.45) is 0. The molecule has 24 heavy (non-hydrogen) atoms. The number of amides is 1. The minimum atomic E-state index is -1.10. The topological polar surface area (TPSA) is 64.3 Å². The number of nitrogens with one attached hydrogen (secondary N) is 1. The number of halogens is 2. The van der Waals surface area contributed by atoms with E-state index >= 15 is 0 Å². The molecule has 0 bridgehead atoms. The zero-order valence-electron chi connectivity index (χ0n) is 13.7. The van der Waals surface area contributed by atoms with Crippen molar-refractivity contribution in [1.29, 1.82) is 0 Å². The second kappa shape index (κ2) is 9.06. The van der Waals surface area contributed by atoms with Gasteiger partial charge in [-0.05, 0) is 37.6 Å². The number of hydrogen-bond acceptors (Lipinski definition) is 3. The van der Waals surface area contributed by atoms with Crippen molar-refractivity contribution in [3.63, 3.8) is 0 Å². The van der Waals surface area contributed by atoms with Gasteiger partial charge in [0.1, 0.15) is 11.3 Å². The quantitative estimate of drug-likeness (QED) is 0.758. The van der Waals surface area contributed by atoms with Crippen molar-refractivity contribution in [3.05, 3.63) is 64.1 Å². The Labute approximate surface area is 157 Å². The molecule has 1 amide bonds. The van der Waals surface area contributed by atoms with Crippen LogP contribution in [-0.4, -0.2) is 12.5 Å². The third kappa shape index (κ3) is 4.97. The number of rotatable bonds is 6. The molecule has 0 saturated carbocycles. The molecule has 4 nitrogen and oxygen atoms in total. The highest BCUT2D eigenvalue weighted by Crippen LogP contribution is 2.22. The molecule has 0 fully saturated rings. The molecule has 0 aliphatic carbocycles. The van der Waals surface area contributed by atoms with Crippen molar-refractivity contribution in [1.82, 2.24) is 5.32 Å². The maximum atomic E-state index is 12.5. The predicted octanol–water partition coefficient (Wildman–Crippen LogP) is 3.76. The number of carbonyl (C=O) groups excluding carboxylic acids is 1. The SMILES string of the molecule is CCOc1ccccc1CNC(=O)C(C)(N)c1ccc(Br)cc1.Cl. The van der Waals surface area contributed by atoms with Crippen LogP contribution in [0.3, 0.4) is 0 Å². The van der Waals surface area contributed by atoms with Gasteiger partial charge >= 0.3 is 0 Å². The van der Waals surface area contributed by atoms with E-state index in [2.05, 4.69) is 21.2 Å². The van der Waals surface area contributed by atoms with E-state index in [4.69, 9.17) is 10.5 Å². The molecule has 6 heteroatoms. The molecule has 0 radical (unpaired) electrons. The summed E-state index contributed by atoms with van der Waals surface area (Å²) in [7, 11) is 0. The Kier molecular flexibility index (Phi) is 7.73. The minimum Gasteiger partial charge on any atom is -0.494 e. The lowest BCUT2D eigenvalue weighted by Gasteiger charge is -2.24. The molecule has 0 aliphatic rings. The third-order valence-electron chi connectivity index (χ3n) is 3.63. The Bertz CT molecular complexity index is 675. The molecule has 3 N–H and O–H groups in total. The number of para-hydroxylation sites is 1. The summed E-state index contributed by atoms with van der Waals surface area (Å²) < 4.78 is 6.51. The molecule has 0 saturated heterocycles. The van der Waals surface area contributed by atoms with E-state index in [1.807, 2.05) is 55.5 Å². The summed E-state index contributed by atoms with van der Waals surface area (Å²) in [4.78, 5) is 12.5. The van der Waals surface area contributed by atoms with Gasteiger partial charge in [0.05, 0.1) is 6.61 Å². The number of benzene rings is 2. The highest BCUT2D eigenvalue weighted by molar-refractivity contribution is 9.10. The van der Waals surface area contributed by atoms with Gasteiger partial charge in [0, 0.05) is 16.6 Å². The summed E-state index contributed by atoms with van der Waals surface area (Å²) in [5.41, 5.74) is 6.82. The second-order valence-corrected chi connectivity index (χ2v) is 6.35. The first-order valence-corrected chi connectivity index (χ1v) is 8.28. The molecule has 0 aliphatic heterocycles. The number of hydrogen-bond donors (Lipinski definition) is 2. The second-order valence-electron chi connectivity index (χ2n) is 5.43. The van der Waals surface area contributed by atoms with E-state index in [1.165, 1.54) is 0 Å². The Morgan fingerprint density at radius 2 is 1.83 bits per heavy atom. The number of ether oxygens (including phenoxy) is 1. The third-order valence-corrected chi connectivity index (χ3v) is 4.16. The van der Waals surface area contributed by atoms with Crippen LogP contribution in [0, 0.1) is 0 Å². The van der Waals surface area contributed by atoms with Crippen LogP contribution in [0.5, 0.6) is 5.75 Å². The normalized spacial score (nSPS) is 12.7. The lowest BCUT2D eigenvalue weighted by molar-refractivity contribution is -0.126. The molecule has 130 valence electrons. The highest BCUT2D eigenvalue weighted by Gasteiger charge is 2.30. The Morgan fingerprint density at radius 3 is 2.46 bits per heavy atom. The maximum absolute atomic E-state index is 12.5. The fourth-order valence-corrected chi connectivity index (χ4v) is 2.50. The minimum absolute atomic E-state index is 0. The lowest BCUT2D eigenvalue weighted by atomic mass is 9.92. The van der Waals surface area contributed by atoms with Crippen molar-refractivity contribution in [3.8, 4) is 5.75 Å². The van der Waals surface area contributed by atoms with Crippen LogP contribution in [0.2, 0.25) is 0 Å². The summed E-state index contributed by atoms with van der Waals surface area (Å²) in [6.45, 7) is 4.59. The molecular formula is C18H22BrClN2O2. The molecular weight excluding hydrogens is 392 g/mol. The van der Waals surface area contributed by atoms with E-state index in [0.29, 0.717) is 13.2 Å². The molecule has 1 atom stereocenters.